The molecule has 5 N–H and O–H groups in total. The topological polar surface area (TPSA) is 174 Å². The molecular weight excluding hydrogens is 462 g/mol. The molecule has 1 rings (SSSR count). The van der Waals surface area contributed by atoms with Crippen molar-refractivity contribution in [2.24, 2.45) is 0 Å². The average molecular weight is 504 g/mol. The first-order chi connectivity index (χ1) is 16.2. The molecule has 0 aromatic carbocycles. The maximum Gasteiger partial charge on any atom is 0.317 e. The molecule has 202 valence electrons. The summed E-state index contributed by atoms with van der Waals surface area (Å²) in [5.41, 5.74) is -0.153. The highest BCUT2D eigenvalue weighted by molar-refractivity contribution is 5.70. The number of carboxylic acids is 4. The summed E-state index contributed by atoms with van der Waals surface area (Å²) in [5.74, 6) is -4.09. The molecule has 1 unspecified atom stereocenters. The van der Waals surface area contributed by atoms with Crippen LogP contribution in [0.2, 0.25) is 0 Å². The minimum Gasteiger partial charge on any atom is -0.480 e. The van der Waals surface area contributed by atoms with Crippen LogP contribution >= 0.6 is 0 Å². The van der Waals surface area contributed by atoms with Gasteiger partial charge in [-0.15, -0.1) is 0 Å². The van der Waals surface area contributed by atoms with Crippen LogP contribution in [0, 0.1) is 0 Å². The second kappa shape index (κ2) is 14.9. The largest absolute Gasteiger partial charge is 0.480 e. The van der Waals surface area contributed by atoms with Crippen LogP contribution in [-0.4, -0.2) is 154 Å². The van der Waals surface area contributed by atoms with Gasteiger partial charge in [0.05, 0.1) is 26.2 Å². The lowest BCUT2D eigenvalue weighted by Gasteiger charge is -2.38. The van der Waals surface area contributed by atoms with Crippen LogP contribution in [0.5, 0.6) is 0 Å². The molecule has 1 aliphatic heterocycles. The maximum absolute atomic E-state index is 11.7. The Bertz CT molecular complexity index is 714. The van der Waals surface area contributed by atoms with Crippen molar-refractivity contribution in [3.05, 3.63) is 0 Å². The van der Waals surface area contributed by atoms with Crippen LogP contribution in [0.1, 0.15) is 27.2 Å². The maximum atomic E-state index is 11.7. The molecule has 1 saturated heterocycles. The summed E-state index contributed by atoms with van der Waals surface area (Å²) in [4.78, 5) is 52.7. The minimum atomic E-state index is -1.02. The second-order valence-corrected chi connectivity index (χ2v) is 9.95. The van der Waals surface area contributed by atoms with Gasteiger partial charge in [0.25, 0.3) is 0 Å². The molecule has 1 atom stereocenters. The lowest BCUT2D eigenvalue weighted by molar-refractivity contribution is -0.142. The summed E-state index contributed by atoms with van der Waals surface area (Å²) in [6.07, 6.45) is 0.554. The van der Waals surface area contributed by atoms with E-state index < -0.39 is 23.9 Å². The van der Waals surface area contributed by atoms with E-state index in [1.807, 2.05) is 20.8 Å². The van der Waals surface area contributed by atoms with Crippen LogP contribution in [0.15, 0.2) is 0 Å². The molecule has 0 aliphatic carbocycles. The lowest BCUT2D eigenvalue weighted by Crippen LogP contribution is -2.53. The summed E-state index contributed by atoms with van der Waals surface area (Å²) < 4.78 is 0. The molecule has 1 heterocycles. The molecule has 0 spiro atoms. The predicted molar refractivity (Wildman–Crippen MR) is 128 cm³/mol. The van der Waals surface area contributed by atoms with Gasteiger partial charge in [0.1, 0.15) is 0 Å². The molecule has 0 saturated carbocycles. The number of rotatable bonds is 11. The molecule has 0 bridgehead atoms. The summed E-state index contributed by atoms with van der Waals surface area (Å²) in [6.45, 7) is 7.60. The van der Waals surface area contributed by atoms with Crippen LogP contribution < -0.4 is 5.32 Å². The Morgan fingerprint density at radius 2 is 1.09 bits per heavy atom. The number of hydrogen-bond donors (Lipinski definition) is 5. The number of nitrogens with zero attached hydrogens (tertiary/aromatic N) is 4. The van der Waals surface area contributed by atoms with Crippen molar-refractivity contribution in [2.45, 2.75) is 38.8 Å². The summed E-state index contributed by atoms with van der Waals surface area (Å²) in [7, 11) is 0. The summed E-state index contributed by atoms with van der Waals surface area (Å²) in [5, 5.41) is 40.9. The highest BCUT2D eigenvalue weighted by Crippen LogP contribution is 2.11. The van der Waals surface area contributed by atoms with Crippen molar-refractivity contribution in [1.29, 1.82) is 0 Å². The predicted octanol–water partition coefficient (Wildman–Crippen LogP) is -1.31. The third-order valence-electron chi connectivity index (χ3n) is 5.70. The molecule has 13 nitrogen and oxygen atoms in total. The Morgan fingerprint density at radius 1 is 0.686 bits per heavy atom. The van der Waals surface area contributed by atoms with Gasteiger partial charge >= 0.3 is 23.9 Å². The van der Waals surface area contributed by atoms with Crippen molar-refractivity contribution in [3.63, 3.8) is 0 Å². The molecule has 35 heavy (non-hydrogen) atoms. The fourth-order valence-electron chi connectivity index (χ4n) is 4.05. The molecule has 0 radical (unpaired) electrons. The average Bonchev–Trinajstić information content (AvgIpc) is 2.68. The number of carboxylic acid groups (broad SMARTS) is 4. The van der Waals surface area contributed by atoms with Crippen molar-refractivity contribution in [3.8, 4) is 0 Å². The van der Waals surface area contributed by atoms with E-state index >= 15 is 0 Å². The minimum absolute atomic E-state index is 0.153. The SMILES string of the molecule is CC(C)(C)NCCC1CN(CC(=O)O)CCN(CC(=O)O)CCN(CC(=O)O)CCN1CC(=O)O. The first-order valence-corrected chi connectivity index (χ1v) is 11.8. The normalized spacial score (nSPS) is 20.6. The molecule has 1 aliphatic rings. The molecule has 13 heteroatoms. The first kappa shape index (κ1) is 30.7. The van der Waals surface area contributed by atoms with Gasteiger partial charge < -0.3 is 25.7 Å². The Morgan fingerprint density at radius 3 is 1.51 bits per heavy atom. The highest BCUT2D eigenvalue weighted by atomic mass is 16.4. The monoisotopic (exact) mass is 503 g/mol. The van der Waals surface area contributed by atoms with Crippen molar-refractivity contribution in [2.75, 3.05) is 78.5 Å². The zero-order valence-corrected chi connectivity index (χ0v) is 21.0. The number of aliphatic carboxylic acids is 4. The molecule has 0 aromatic heterocycles. The van der Waals surface area contributed by atoms with E-state index in [4.69, 9.17) is 0 Å². The third kappa shape index (κ3) is 14.6. The zero-order valence-electron chi connectivity index (χ0n) is 21.0. The fraction of sp³-hybridized carbons (Fsp3) is 0.818. The second-order valence-electron chi connectivity index (χ2n) is 9.95. The van der Waals surface area contributed by atoms with Crippen molar-refractivity contribution in [1.82, 2.24) is 24.9 Å². The van der Waals surface area contributed by atoms with Gasteiger partial charge in [0, 0.05) is 57.4 Å². The van der Waals surface area contributed by atoms with Crippen LogP contribution in [0.3, 0.4) is 0 Å². The van der Waals surface area contributed by atoms with E-state index in [-0.39, 0.29) is 77.0 Å². The molecule has 0 amide bonds. The van der Waals surface area contributed by atoms with Crippen LogP contribution in [-0.2, 0) is 19.2 Å². The molecular formula is C22H41N5O8. The van der Waals surface area contributed by atoms with E-state index in [1.165, 1.54) is 0 Å². The van der Waals surface area contributed by atoms with Gasteiger partial charge in [0.2, 0.25) is 0 Å². The Kier molecular flexibility index (Phi) is 13.1. The van der Waals surface area contributed by atoms with Gasteiger partial charge in [-0.1, -0.05) is 0 Å². The van der Waals surface area contributed by atoms with Gasteiger partial charge in [-0.25, -0.2) is 0 Å². The standard InChI is InChI=1S/C22H41N5O8/c1-22(2,3)23-5-4-17-12-26(15-20(32)33)9-8-24(13-18(28)29)6-7-25(14-19(30)31)10-11-27(17)16-21(34)35/h17,23H,4-16H2,1-3H3,(H,28,29)(H,30,31)(H,32,33)(H,34,35). The van der Waals surface area contributed by atoms with Gasteiger partial charge in [-0.05, 0) is 33.7 Å². The van der Waals surface area contributed by atoms with E-state index in [2.05, 4.69) is 5.32 Å². The van der Waals surface area contributed by atoms with Crippen molar-refractivity contribution >= 4 is 23.9 Å². The number of hydrogen-bond acceptors (Lipinski definition) is 9. The smallest absolute Gasteiger partial charge is 0.317 e. The van der Waals surface area contributed by atoms with Gasteiger partial charge in [0.15, 0.2) is 0 Å². The van der Waals surface area contributed by atoms with E-state index in [0.29, 0.717) is 19.5 Å². The first-order valence-electron chi connectivity index (χ1n) is 11.8. The third-order valence-corrected chi connectivity index (χ3v) is 5.70. The Balaban J connectivity index is 3.22. The van der Waals surface area contributed by atoms with E-state index in [0.717, 1.165) is 0 Å². The highest BCUT2D eigenvalue weighted by Gasteiger charge is 2.27. The summed E-state index contributed by atoms with van der Waals surface area (Å²) >= 11 is 0. The zero-order chi connectivity index (χ0) is 26.6. The Hall–Kier alpha value is -2.32. The van der Waals surface area contributed by atoms with Crippen molar-refractivity contribution < 1.29 is 39.6 Å². The van der Waals surface area contributed by atoms with E-state index in [9.17, 15) is 39.6 Å². The number of nitrogens with one attached hydrogen (secondary N) is 1. The van der Waals surface area contributed by atoms with Crippen LogP contribution in [0.25, 0.3) is 0 Å². The van der Waals surface area contributed by atoms with Gasteiger partial charge in [-0.3, -0.25) is 38.8 Å². The lowest BCUT2D eigenvalue weighted by atomic mass is 10.1. The Labute approximate surface area is 206 Å². The van der Waals surface area contributed by atoms with Crippen LogP contribution in [0.4, 0.5) is 0 Å². The molecule has 0 aromatic rings. The fourth-order valence-corrected chi connectivity index (χ4v) is 4.05. The molecule has 1 fully saturated rings. The quantitative estimate of drug-likeness (QED) is 0.225. The van der Waals surface area contributed by atoms with Gasteiger partial charge in [-0.2, -0.15) is 0 Å². The van der Waals surface area contributed by atoms with E-state index in [1.54, 1.807) is 19.6 Å². The number of carbonyl (C=O) groups is 4. The summed E-state index contributed by atoms with van der Waals surface area (Å²) in [6, 6.07) is -0.306.